The van der Waals surface area contributed by atoms with Gasteiger partial charge in [0, 0.05) is 13.2 Å². The minimum absolute atomic E-state index is 0.902. The third-order valence-electron chi connectivity index (χ3n) is 0.991. The van der Waals surface area contributed by atoms with Crippen LogP contribution in [-0.2, 0) is 7.05 Å². The molecule has 1 rings (SSSR count). The van der Waals surface area contributed by atoms with Crippen molar-refractivity contribution in [2.75, 3.05) is 0 Å². The molecule has 0 aliphatic heterocycles. The van der Waals surface area contributed by atoms with Gasteiger partial charge in [-0.05, 0) is 44.0 Å². The van der Waals surface area contributed by atoms with Crippen LogP contribution in [0.15, 0.2) is 15.7 Å². The summed E-state index contributed by atoms with van der Waals surface area (Å²) < 4.78 is 2.66. The first-order valence-electron chi connectivity index (χ1n) is 2.71. The number of nitrogens with zero attached hydrogens (tertiary/aromatic N) is 2. The fourth-order valence-electron chi connectivity index (χ4n) is 0.622. The molecule has 0 spiro atoms. The summed E-state index contributed by atoms with van der Waals surface area (Å²) >= 11 is 6.50. The summed E-state index contributed by atoms with van der Waals surface area (Å²) in [5, 5.41) is 4.13. The van der Waals surface area contributed by atoms with Crippen LogP contribution in [0.3, 0.4) is 0 Å². The third-order valence-corrected chi connectivity index (χ3v) is 1.45. The molecule has 1 aromatic rings. The van der Waals surface area contributed by atoms with E-state index >= 15 is 0 Å². The summed E-state index contributed by atoms with van der Waals surface area (Å²) in [5.74, 6) is 0. The highest BCUT2D eigenvalue weighted by atomic mass is 79.9. The molecule has 0 aliphatic carbocycles. The number of hydrogen-bond acceptors (Lipinski definition) is 1. The fourth-order valence-corrected chi connectivity index (χ4v) is 1.09. The first-order chi connectivity index (χ1) is 4.68. The lowest BCUT2D eigenvalue weighted by Crippen LogP contribution is -1.86. The SMILES string of the molecule is Cn1ccc(C=C(Br)Br)n1. The lowest BCUT2D eigenvalue weighted by Gasteiger charge is -1.84. The highest BCUT2D eigenvalue weighted by Gasteiger charge is 1.91. The van der Waals surface area contributed by atoms with Gasteiger partial charge in [-0.3, -0.25) is 4.68 Å². The first kappa shape index (κ1) is 8.01. The van der Waals surface area contributed by atoms with E-state index in [2.05, 4.69) is 37.0 Å². The van der Waals surface area contributed by atoms with E-state index in [1.165, 1.54) is 0 Å². The van der Waals surface area contributed by atoms with Crippen LogP contribution in [0.25, 0.3) is 6.08 Å². The lowest BCUT2D eigenvalue weighted by molar-refractivity contribution is 0.764. The second-order valence-corrected chi connectivity index (χ2v) is 4.62. The molecule has 0 N–H and O–H groups in total. The van der Waals surface area contributed by atoms with Crippen LogP contribution < -0.4 is 0 Å². The Morgan fingerprint density at radius 3 is 2.80 bits per heavy atom. The van der Waals surface area contributed by atoms with Gasteiger partial charge in [-0.25, -0.2) is 0 Å². The van der Waals surface area contributed by atoms with Crippen molar-refractivity contribution in [3.05, 3.63) is 21.3 Å². The van der Waals surface area contributed by atoms with E-state index in [9.17, 15) is 0 Å². The Morgan fingerprint density at radius 1 is 1.70 bits per heavy atom. The van der Waals surface area contributed by atoms with Gasteiger partial charge in [0.25, 0.3) is 0 Å². The monoisotopic (exact) mass is 264 g/mol. The maximum atomic E-state index is 4.13. The molecule has 1 aromatic heterocycles. The maximum absolute atomic E-state index is 4.13. The zero-order chi connectivity index (χ0) is 7.56. The zero-order valence-electron chi connectivity index (χ0n) is 5.38. The average Bonchev–Trinajstić information content (AvgIpc) is 2.13. The summed E-state index contributed by atoms with van der Waals surface area (Å²) in [6.45, 7) is 0. The van der Waals surface area contributed by atoms with Crippen molar-refractivity contribution in [3.63, 3.8) is 0 Å². The van der Waals surface area contributed by atoms with E-state index in [1.54, 1.807) is 4.68 Å². The predicted octanol–water partition coefficient (Wildman–Crippen LogP) is 2.51. The Kier molecular flexibility index (Phi) is 2.68. The fraction of sp³-hybridized carbons (Fsp3) is 0.167. The minimum Gasteiger partial charge on any atom is -0.275 e. The first-order valence-corrected chi connectivity index (χ1v) is 4.29. The summed E-state index contributed by atoms with van der Waals surface area (Å²) in [6, 6.07) is 1.93. The van der Waals surface area contributed by atoms with E-state index in [-0.39, 0.29) is 0 Å². The summed E-state index contributed by atoms with van der Waals surface area (Å²) in [4.78, 5) is 0. The average molecular weight is 266 g/mol. The number of halogens is 2. The molecule has 0 unspecified atom stereocenters. The number of hydrogen-bond donors (Lipinski definition) is 0. The minimum atomic E-state index is 0.902. The third kappa shape index (κ3) is 2.27. The molecule has 2 nitrogen and oxygen atoms in total. The molecule has 0 bridgehead atoms. The van der Waals surface area contributed by atoms with Gasteiger partial charge in [0.05, 0.1) is 9.09 Å². The Balaban J connectivity index is 2.86. The van der Waals surface area contributed by atoms with Crippen LogP contribution in [0.1, 0.15) is 5.69 Å². The Labute approximate surface area is 76.2 Å². The molecular weight excluding hydrogens is 260 g/mol. The van der Waals surface area contributed by atoms with Crippen molar-refractivity contribution < 1.29 is 0 Å². The van der Waals surface area contributed by atoms with Gasteiger partial charge in [0.15, 0.2) is 0 Å². The van der Waals surface area contributed by atoms with Gasteiger partial charge in [-0.2, -0.15) is 5.10 Å². The van der Waals surface area contributed by atoms with Crippen LogP contribution in [0.2, 0.25) is 0 Å². The summed E-state index contributed by atoms with van der Waals surface area (Å²) in [7, 11) is 1.89. The summed E-state index contributed by atoms with van der Waals surface area (Å²) in [6.07, 6.45) is 3.79. The number of aromatic nitrogens is 2. The van der Waals surface area contributed by atoms with Gasteiger partial charge in [0.1, 0.15) is 0 Å². The quantitative estimate of drug-likeness (QED) is 0.763. The van der Waals surface area contributed by atoms with Crippen LogP contribution >= 0.6 is 31.9 Å². The van der Waals surface area contributed by atoms with Crippen LogP contribution in [-0.4, -0.2) is 9.78 Å². The molecule has 0 aliphatic rings. The van der Waals surface area contributed by atoms with E-state index in [4.69, 9.17) is 0 Å². The van der Waals surface area contributed by atoms with Crippen molar-refractivity contribution in [2.24, 2.45) is 7.05 Å². The molecule has 0 aromatic carbocycles. The van der Waals surface area contributed by atoms with Crippen molar-refractivity contribution in [2.45, 2.75) is 0 Å². The van der Waals surface area contributed by atoms with Gasteiger partial charge < -0.3 is 0 Å². The Bertz CT molecular complexity index is 248. The van der Waals surface area contributed by atoms with Crippen LogP contribution in [0.5, 0.6) is 0 Å². The molecular formula is C6H6Br2N2. The van der Waals surface area contributed by atoms with E-state index in [0.717, 1.165) is 9.09 Å². The van der Waals surface area contributed by atoms with Gasteiger partial charge >= 0.3 is 0 Å². The van der Waals surface area contributed by atoms with Crippen molar-refractivity contribution in [1.82, 2.24) is 9.78 Å². The van der Waals surface area contributed by atoms with E-state index < -0.39 is 0 Å². The molecule has 10 heavy (non-hydrogen) atoms. The van der Waals surface area contributed by atoms with E-state index in [1.807, 2.05) is 25.4 Å². The van der Waals surface area contributed by atoms with Gasteiger partial charge in [-0.15, -0.1) is 0 Å². The van der Waals surface area contributed by atoms with E-state index in [0.29, 0.717) is 0 Å². The molecule has 4 heteroatoms. The molecule has 0 saturated carbocycles. The second-order valence-electron chi connectivity index (χ2n) is 1.85. The van der Waals surface area contributed by atoms with Crippen molar-refractivity contribution >= 4 is 37.9 Å². The lowest BCUT2D eigenvalue weighted by atomic mass is 10.4. The highest BCUT2D eigenvalue weighted by Crippen LogP contribution is 2.16. The topological polar surface area (TPSA) is 17.8 Å². The predicted molar refractivity (Wildman–Crippen MR) is 49.0 cm³/mol. The van der Waals surface area contributed by atoms with Crippen LogP contribution in [0, 0.1) is 0 Å². The molecule has 0 atom stereocenters. The Hall–Kier alpha value is -0.0900. The molecule has 0 saturated heterocycles. The largest absolute Gasteiger partial charge is 0.275 e. The second kappa shape index (κ2) is 3.34. The molecule has 54 valence electrons. The smallest absolute Gasteiger partial charge is 0.0867 e. The molecule has 1 heterocycles. The van der Waals surface area contributed by atoms with Gasteiger partial charge in [0.2, 0.25) is 0 Å². The number of rotatable bonds is 1. The highest BCUT2D eigenvalue weighted by molar-refractivity contribution is 9.28. The van der Waals surface area contributed by atoms with Crippen LogP contribution in [0.4, 0.5) is 0 Å². The zero-order valence-corrected chi connectivity index (χ0v) is 8.55. The van der Waals surface area contributed by atoms with Crippen molar-refractivity contribution in [3.8, 4) is 0 Å². The normalized spacial score (nSPS) is 9.50. The molecule has 0 fully saturated rings. The summed E-state index contributed by atoms with van der Waals surface area (Å²) in [5.41, 5.74) is 0.936. The number of aryl methyl sites for hydroxylation is 1. The van der Waals surface area contributed by atoms with Gasteiger partial charge in [-0.1, -0.05) is 0 Å². The Morgan fingerprint density at radius 2 is 2.40 bits per heavy atom. The van der Waals surface area contributed by atoms with Crippen molar-refractivity contribution in [1.29, 1.82) is 0 Å². The maximum Gasteiger partial charge on any atom is 0.0867 e. The standard InChI is InChI=1S/C6H6Br2N2/c1-10-3-2-5(9-10)4-6(7)8/h2-4H,1H3. The molecule has 0 radical (unpaired) electrons. The molecule has 0 amide bonds.